The second-order valence-corrected chi connectivity index (χ2v) is 4.60. The van der Waals surface area contributed by atoms with Crippen LogP contribution in [0.5, 0.6) is 11.5 Å². The average Bonchev–Trinajstić information content (AvgIpc) is 2.48. The van der Waals surface area contributed by atoms with Crippen LogP contribution in [0.25, 0.3) is 0 Å². The molecule has 108 valence electrons. The van der Waals surface area contributed by atoms with Crippen LogP contribution < -0.4 is 4.74 Å². The van der Waals surface area contributed by atoms with Crippen molar-refractivity contribution in [2.45, 2.75) is 33.1 Å². The van der Waals surface area contributed by atoms with Gasteiger partial charge in [-0.25, -0.2) is 0 Å². The summed E-state index contributed by atoms with van der Waals surface area (Å²) in [6.45, 7) is 4.25. The molecular weight excluding hydrogens is 250 g/mol. The Balaban J connectivity index is 0.000000612. The first-order valence-corrected chi connectivity index (χ1v) is 6.97. The van der Waals surface area contributed by atoms with Crippen LogP contribution in [0.1, 0.15) is 38.7 Å². The molecule has 1 aliphatic carbocycles. The number of rotatable bonds is 3. The van der Waals surface area contributed by atoms with Gasteiger partial charge in [-0.2, -0.15) is 0 Å². The topological polar surface area (TPSA) is 53.3 Å². The van der Waals surface area contributed by atoms with Gasteiger partial charge >= 0.3 is 0 Å². The molecule has 0 saturated carbocycles. The highest BCUT2D eigenvalue weighted by atomic mass is 16.5. The van der Waals surface area contributed by atoms with Crippen LogP contribution in [-0.2, 0) is 0 Å². The van der Waals surface area contributed by atoms with Crippen LogP contribution in [0.2, 0.25) is 0 Å². The Labute approximate surface area is 121 Å². The van der Waals surface area contributed by atoms with Crippen molar-refractivity contribution in [3.63, 3.8) is 0 Å². The van der Waals surface area contributed by atoms with E-state index in [9.17, 15) is 5.11 Å². The molecule has 0 saturated heterocycles. The van der Waals surface area contributed by atoms with Gasteiger partial charge in [0, 0.05) is 11.6 Å². The van der Waals surface area contributed by atoms with E-state index >= 15 is 0 Å². The van der Waals surface area contributed by atoms with E-state index in [1.165, 1.54) is 12.5 Å². The number of aromatic hydroxyl groups is 1. The number of phenolic OH excluding ortho intramolecular Hbond substituents is 1. The van der Waals surface area contributed by atoms with E-state index in [2.05, 4.69) is 13.8 Å². The smallest absolute Gasteiger partial charge is 0.128 e. The molecule has 0 atom stereocenters. The number of hydrogen-bond donors (Lipinski definition) is 2. The number of allylic oxidation sites excluding steroid dienone is 4. The molecule has 1 aromatic carbocycles. The highest BCUT2D eigenvalue weighted by Gasteiger charge is 2.12. The number of nitrogens with one attached hydrogen (secondary N) is 1. The van der Waals surface area contributed by atoms with Gasteiger partial charge in [0.2, 0.25) is 0 Å². The summed E-state index contributed by atoms with van der Waals surface area (Å²) in [6, 6.07) is 4.98. The summed E-state index contributed by atoms with van der Waals surface area (Å²) < 4.78 is 5.02. The molecule has 20 heavy (non-hydrogen) atoms. The lowest BCUT2D eigenvalue weighted by molar-refractivity contribution is 0.407. The predicted molar refractivity (Wildman–Crippen MR) is 83.9 cm³/mol. The standard InChI is InChI=1S/C14H15NO2.C3H8/c1-17-11-7-8-12(13(16)9-11)14(15)10-5-3-2-4-6-10;1-3-2/h3,5-9,15-16H,2,4H2,1H3;3H2,1-2H3. The summed E-state index contributed by atoms with van der Waals surface area (Å²) in [7, 11) is 1.55. The van der Waals surface area contributed by atoms with Crippen molar-refractivity contribution in [1.82, 2.24) is 0 Å². The van der Waals surface area contributed by atoms with Crippen LogP contribution in [0, 0.1) is 5.41 Å². The minimum atomic E-state index is 0.0780. The van der Waals surface area contributed by atoms with E-state index in [1.54, 1.807) is 19.2 Å². The Hall–Kier alpha value is -2.03. The molecule has 0 amide bonds. The first kappa shape index (κ1) is 16.0. The Kier molecular flexibility index (Phi) is 6.57. The maximum absolute atomic E-state index is 9.85. The third-order valence-corrected chi connectivity index (χ3v) is 2.76. The van der Waals surface area contributed by atoms with Crippen molar-refractivity contribution in [2.24, 2.45) is 0 Å². The van der Waals surface area contributed by atoms with Crippen molar-refractivity contribution < 1.29 is 9.84 Å². The fourth-order valence-corrected chi connectivity index (χ4v) is 1.80. The van der Waals surface area contributed by atoms with Crippen molar-refractivity contribution in [1.29, 1.82) is 5.41 Å². The zero-order chi connectivity index (χ0) is 15.0. The van der Waals surface area contributed by atoms with Crippen LogP contribution in [-0.4, -0.2) is 17.9 Å². The largest absolute Gasteiger partial charge is 0.507 e. The van der Waals surface area contributed by atoms with Gasteiger partial charge in [-0.1, -0.05) is 38.5 Å². The quantitative estimate of drug-likeness (QED) is 0.799. The molecule has 0 heterocycles. The number of hydrogen-bond acceptors (Lipinski definition) is 3. The lowest BCUT2D eigenvalue weighted by Crippen LogP contribution is -2.04. The number of methoxy groups -OCH3 is 1. The molecule has 3 heteroatoms. The van der Waals surface area contributed by atoms with Crippen molar-refractivity contribution in [3.05, 3.63) is 47.6 Å². The summed E-state index contributed by atoms with van der Waals surface area (Å²) in [6.07, 6.45) is 9.21. The highest BCUT2D eigenvalue weighted by Crippen LogP contribution is 2.26. The zero-order valence-electron chi connectivity index (χ0n) is 12.4. The Morgan fingerprint density at radius 3 is 2.50 bits per heavy atom. The van der Waals surface area contributed by atoms with Gasteiger partial charge in [-0.15, -0.1) is 0 Å². The lowest BCUT2D eigenvalue weighted by atomic mass is 9.97. The van der Waals surface area contributed by atoms with E-state index in [4.69, 9.17) is 10.1 Å². The van der Waals surface area contributed by atoms with Crippen LogP contribution >= 0.6 is 0 Å². The zero-order valence-corrected chi connectivity index (χ0v) is 12.4. The van der Waals surface area contributed by atoms with Crippen LogP contribution in [0.15, 0.2) is 42.0 Å². The third-order valence-electron chi connectivity index (χ3n) is 2.76. The number of benzene rings is 1. The second kappa shape index (κ2) is 8.20. The second-order valence-electron chi connectivity index (χ2n) is 4.60. The Morgan fingerprint density at radius 1 is 1.30 bits per heavy atom. The lowest BCUT2D eigenvalue weighted by Gasteiger charge is -2.11. The van der Waals surface area contributed by atoms with Gasteiger partial charge in [0.05, 0.1) is 12.8 Å². The number of phenols is 1. The monoisotopic (exact) mass is 273 g/mol. The molecule has 3 nitrogen and oxygen atoms in total. The van der Waals surface area contributed by atoms with E-state index in [0.29, 0.717) is 17.0 Å². The van der Waals surface area contributed by atoms with Gasteiger partial charge in [-0.3, -0.25) is 5.41 Å². The van der Waals surface area contributed by atoms with Gasteiger partial charge in [0.1, 0.15) is 11.5 Å². The molecule has 1 aromatic rings. The Bertz CT molecular complexity index is 516. The van der Waals surface area contributed by atoms with E-state index in [-0.39, 0.29) is 5.75 Å². The normalized spacial score (nSPS) is 13.1. The van der Waals surface area contributed by atoms with Gasteiger partial charge < -0.3 is 9.84 Å². The average molecular weight is 273 g/mol. The molecule has 1 aliphatic rings. The molecule has 0 spiro atoms. The van der Waals surface area contributed by atoms with Crippen molar-refractivity contribution >= 4 is 5.71 Å². The molecule has 0 unspecified atom stereocenters. The predicted octanol–water partition coefficient (Wildman–Crippen LogP) is 4.46. The van der Waals surface area contributed by atoms with Crippen molar-refractivity contribution in [2.75, 3.05) is 7.11 Å². The molecule has 2 rings (SSSR count). The summed E-state index contributed by atoms with van der Waals surface area (Å²) >= 11 is 0. The maximum atomic E-state index is 9.85. The first-order valence-electron chi connectivity index (χ1n) is 6.97. The van der Waals surface area contributed by atoms with E-state index in [1.807, 2.05) is 18.2 Å². The molecular formula is C17H23NO2. The minimum absolute atomic E-state index is 0.0780. The molecule has 0 fully saturated rings. The minimum Gasteiger partial charge on any atom is -0.507 e. The summed E-state index contributed by atoms with van der Waals surface area (Å²) in [5.41, 5.74) is 1.74. The van der Waals surface area contributed by atoms with Crippen LogP contribution in [0.3, 0.4) is 0 Å². The molecule has 0 aliphatic heterocycles. The third kappa shape index (κ3) is 4.26. The first-order chi connectivity index (χ1) is 9.63. The highest BCUT2D eigenvalue weighted by molar-refractivity contribution is 6.14. The molecule has 0 aromatic heterocycles. The van der Waals surface area contributed by atoms with Gasteiger partial charge in [-0.05, 0) is 30.5 Å². The summed E-state index contributed by atoms with van der Waals surface area (Å²) in [5, 5.41) is 17.9. The SMILES string of the molecule is CCC.COc1ccc(C(=N)C2=CCCC=C2)c(O)c1. The van der Waals surface area contributed by atoms with E-state index < -0.39 is 0 Å². The van der Waals surface area contributed by atoms with Gasteiger partial charge in [0.15, 0.2) is 0 Å². The molecule has 2 N–H and O–H groups in total. The Morgan fingerprint density at radius 2 is 2.00 bits per heavy atom. The van der Waals surface area contributed by atoms with Crippen molar-refractivity contribution in [3.8, 4) is 11.5 Å². The summed E-state index contributed by atoms with van der Waals surface area (Å²) in [4.78, 5) is 0. The van der Waals surface area contributed by atoms with E-state index in [0.717, 1.165) is 18.4 Å². The fourth-order valence-electron chi connectivity index (χ4n) is 1.80. The number of ether oxygens (including phenoxy) is 1. The maximum Gasteiger partial charge on any atom is 0.128 e. The fraction of sp³-hybridized carbons (Fsp3) is 0.353. The molecule has 0 radical (unpaired) electrons. The van der Waals surface area contributed by atoms with Gasteiger partial charge in [0.25, 0.3) is 0 Å². The van der Waals surface area contributed by atoms with Crippen LogP contribution in [0.4, 0.5) is 0 Å². The summed E-state index contributed by atoms with van der Waals surface area (Å²) in [5.74, 6) is 0.668. The molecule has 0 bridgehead atoms.